The van der Waals surface area contributed by atoms with Crippen molar-refractivity contribution in [3.8, 4) is 5.75 Å². The minimum Gasteiger partial charge on any atom is -0.406 e. The quantitative estimate of drug-likeness (QED) is 0.877. The van der Waals surface area contributed by atoms with Crippen LogP contribution in [0, 0.1) is 0 Å². The number of amides is 1. The van der Waals surface area contributed by atoms with Crippen molar-refractivity contribution in [3.05, 3.63) is 29.8 Å². The Kier molecular flexibility index (Phi) is 5.28. The topological polar surface area (TPSA) is 41.6 Å². The van der Waals surface area contributed by atoms with E-state index in [4.69, 9.17) is 0 Å². The highest BCUT2D eigenvalue weighted by Gasteiger charge is 2.32. The zero-order valence-electron chi connectivity index (χ0n) is 12.3. The molecule has 1 aliphatic rings. The van der Waals surface area contributed by atoms with Gasteiger partial charge in [0.25, 0.3) is 0 Å². The molecule has 1 saturated heterocycles. The summed E-state index contributed by atoms with van der Waals surface area (Å²) in [6.45, 7) is 1.11. The predicted octanol–water partition coefficient (Wildman–Crippen LogP) is 2.69. The van der Waals surface area contributed by atoms with Crippen LogP contribution in [-0.2, 0) is 11.3 Å². The molecule has 0 bridgehead atoms. The number of hydrogen-bond donors (Lipinski definition) is 1. The second-order valence-corrected chi connectivity index (χ2v) is 5.30. The van der Waals surface area contributed by atoms with Crippen LogP contribution in [0.5, 0.6) is 5.75 Å². The third-order valence-corrected chi connectivity index (χ3v) is 3.67. The van der Waals surface area contributed by atoms with Gasteiger partial charge in [-0.3, -0.25) is 4.79 Å². The molecule has 1 aliphatic heterocycles. The molecule has 0 saturated carbocycles. The Morgan fingerprint density at radius 1 is 1.41 bits per heavy atom. The first kappa shape index (κ1) is 16.6. The first-order valence-corrected chi connectivity index (χ1v) is 7.18. The van der Waals surface area contributed by atoms with Gasteiger partial charge in [-0.05, 0) is 44.1 Å². The molecule has 0 spiro atoms. The van der Waals surface area contributed by atoms with Crippen LogP contribution in [0.25, 0.3) is 0 Å². The third-order valence-electron chi connectivity index (χ3n) is 3.67. The number of rotatable bonds is 6. The standard InChI is InChI=1S/C15H19F3N2O2/c1-19-8-7-12-5-6-14(21)20(12)10-11-3-2-4-13(9-11)22-15(16,17)18/h2-4,9,12,19H,5-8,10H2,1H3. The van der Waals surface area contributed by atoms with Gasteiger partial charge in [0.15, 0.2) is 0 Å². The van der Waals surface area contributed by atoms with Crippen molar-refractivity contribution in [2.45, 2.75) is 38.2 Å². The molecule has 2 rings (SSSR count). The number of nitrogens with zero attached hydrogens (tertiary/aromatic N) is 1. The maximum Gasteiger partial charge on any atom is 0.573 e. The fourth-order valence-electron chi connectivity index (χ4n) is 2.66. The van der Waals surface area contributed by atoms with Gasteiger partial charge in [-0.1, -0.05) is 12.1 Å². The molecule has 1 unspecified atom stereocenters. The normalized spacial score (nSPS) is 18.8. The SMILES string of the molecule is CNCCC1CCC(=O)N1Cc1cccc(OC(F)(F)F)c1. The molecule has 1 aromatic rings. The van der Waals surface area contributed by atoms with Gasteiger partial charge in [-0.2, -0.15) is 0 Å². The molecule has 0 aliphatic carbocycles. The van der Waals surface area contributed by atoms with Crippen molar-refractivity contribution in [2.24, 2.45) is 0 Å². The third kappa shape index (κ3) is 4.62. The highest BCUT2D eigenvalue weighted by Crippen LogP contribution is 2.27. The summed E-state index contributed by atoms with van der Waals surface area (Å²) in [5.74, 6) is -0.216. The smallest absolute Gasteiger partial charge is 0.406 e. The van der Waals surface area contributed by atoms with Gasteiger partial charge in [0.1, 0.15) is 5.75 Å². The molecule has 1 fully saturated rings. The van der Waals surface area contributed by atoms with Crippen LogP contribution in [0.2, 0.25) is 0 Å². The van der Waals surface area contributed by atoms with Crippen LogP contribution in [0.15, 0.2) is 24.3 Å². The molecule has 22 heavy (non-hydrogen) atoms. The van der Waals surface area contributed by atoms with Crippen molar-refractivity contribution >= 4 is 5.91 Å². The van der Waals surface area contributed by atoms with Gasteiger partial charge in [0.2, 0.25) is 5.91 Å². The monoisotopic (exact) mass is 316 g/mol. The molecular formula is C15H19F3N2O2. The molecule has 122 valence electrons. The fraction of sp³-hybridized carbons (Fsp3) is 0.533. The Hall–Kier alpha value is -1.76. The summed E-state index contributed by atoms with van der Waals surface area (Å²) in [5.41, 5.74) is 0.631. The molecule has 4 nitrogen and oxygen atoms in total. The number of halogens is 3. The summed E-state index contributed by atoms with van der Waals surface area (Å²) in [6, 6.07) is 5.91. The van der Waals surface area contributed by atoms with Gasteiger partial charge >= 0.3 is 6.36 Å². The van der Waals surface area contributed by atoms with Crippen LogP contribution in [0.3, 0.4) is 0 Å². The molecule has 0 aromatic heterocycles. The Morgan fingerprint density at radius 3 is 2.86 bits per heavy atom. The van der Waals surface area contributed by atoms with Crippen molar-refractivity contribution in [2.75, 3.05) is 13.6 Å². The lowest BCUT2D eigenvalue weighted by Gasteiger charge is -2.25. The second-order valence-electron chi connectivity index (χ2n) is 5.30. The van der Waals surface area contributed by atoms with E-state index in [2.05, 4.69) is 10.1 Å². The number of carbonyl (C=O) groups excluding carboxylic acids is 1. The first-order valence-electron chi connectivity index (χ1n) is 7.18. The van der Waals surface area contributed by atoms with Crippen LogP contribution in [-0.4, -0.2) is 36.8 Å². The van der Waals surface area contributed by atoms with Gasteiger partial charge in [-0.25, -0.2) is 0 Å². The lowest BCUT2D eigenvalue weighted by Crippen LogP contribution is -2.34. The fourth-order valence-corrected chi connectivity index (χ4v) is 2.66. The molecule has 7 heteroatoms. The van der Waals surface area contributed by atoms with E-state index in [0.717, 1.165) is 19.4 Å². The highest BCUT2D eigenvalue weighted by molar-refractivity contribution is 5.78. The summed E-state index contributed by atoms with van der Waals surface area (Å²) < 4.78 is 40.7. The molecule has 1 N–H and O–H groups in total. The summed E-state index contributed by atoms with van der Waals surface area (Å²) in [5, 5.41) is 3.05. The largest absolute Gasteiger partial charge is 0.573 e. The summed E-state index contributed by atoms with van der Waals surface area (Å²) >= 11 is 0. The zero-order valence-corrected chi connectivity index (χ0v) is 12.3. The van der Waals surface area contributed by atoms with Gasteiger partial charge in [0, 0.05) is 19.0 Å². The number of ether oxygens (including phenoxy) is 1. The van der Waals surface area contributed by atoms with E-state index in [1.54, 1.807) is 11.0 Å². The average Bonchev–Trinajstić information content (AvgIpc) is 2.76. The van der Waals surface area contributed by atoms with E-state index in [1.165, 1.54) is 18.2 Å². The van der Waals surface area contributed by atoms with Crippen molar-refractivity contribution in [1.82, 2.24) is 10.2 Å². The number of alkyl halides is 3. The Bertz CT molecular complexity index is 520. The number of benzene rings is 1. The van der Waals surface area contributed by atoms with E-state index in [9.17, 15) is 18.0 Å². The van der Waals surface area contributed by atoms with E-state index < -0.39 is 6.36 Å². The van der Waals surface area contributed by atoms with Gasteiger partial charge < -0.3 is 15.0 Å². The molecule has 1 atom stereocenters. The minimum atomic E-state index is -4.71. The number of hydrogen-bond acceptors (Lipinski definition) is 3. The van der Waals surface area contributed by atoms with Gasteiger partial charge in [0.05, 0.1) is 0 Å². The first-order chi connectivity index (χ1) is 10.4. The molecule has 1 heterocycles. The Labute approximate surface area is 127 Å². The number of nitrogens with one attached hydrogen (secondary N) is 1. The van der Waals surface area contributed by atoms with Crippen LogP contribution in [0.1, 0.15) is 24.8 Å². The molecule has 1 amide bonds. The number of carbonyl (C=O) groups is 1. The summed E-state index contributed by atoms with van der Waals surface area (Å²) in [4.78, 5) is 13.7. The maximum absolute atomic E-state index is 12.2. The minimum absolute atomic E-state index is 0.0447. The second kappa shape index (κ2) is 7.00. The van der Waals surface area contributed by atoms with E-state index in [1.807, 2.05) is 7.05 Å². The highest BCUT2D eigenvalue weighted by atomic mass is 19.4. The maximum atomic E-state index is 12.2. The van der Waals surface area contributed by atoms with E-state index >= 15 is 0 Å². The average molecular weight is 316 g/mol. The van der Waals surface area contributed by atoms with Crippen molar-refractivity contribution in [3.63, 3.8) is 0 Å². The Balaban J connectivity index is 2.05. The number of likely N-dealkylation sites (tertiary alicyclic amines) is 1. The predicted molar refractivity (Wildman–Crippen MR) is 75.2 cm³/mol. The Morgan fingerprint density at radius 2 is 2.18 bits per heavy atom. The van der Waals surface area contributed by atoms with E-state index in [-0.39, 0.29) is 17.7 Å². The lowest BCUT2D eigenvalue weighted by molar-refractivity contribution is -0.274. The zero-order chi connectivity index (χ0) is 16.2. The molecule has 0 radical (unpaired) electrons. The van der Waals surface area contributed by atoms with Crippen LogP contribution >= 0.6 is 0 Å². The van der Waals surface area contributed by atoms with E-state index in [0.29, 0.717) is 18.5 Å². The van der Waals surface area contributed by atoms with Crippen molar-refractivity contribution in [1.29, 1.82) is 0 Å². The summed E-state index contributed by atoms with van der Waals surface area (Å²) in [6.07, 6.45) is -2.59. The molecular weight excluding hydrogens is 297 g/mol. The summed E-state index contributed by atoms with van der Waals surface area (Å²) in [7, 11) is 1.85. The van der Waals surface area contributed by atoms with Crippen LogP contribution < -0.4 is 10.1 Å². The lowest BCUT2D eigenvalue weighted by atomic mass is 10.1. The van der Waals surface area contributed by atoms with Crippen molar-refractivity contribution < 1.29 is 22.7 Å². The van der Waals surface area contributed by atoms with Crippen LogP contribution in [0.4, 0.5) is 13.2 Å². The van der Waals surface area contributed by atoms with Gasteiger partial charge in [-0.15, -0.1) is 13.2 Å². The molecule has 1 aromatic carbocycles.